The van der Waals surface area contributed by atoms with Crippen molar-refractivity contribution in [1.82, 2.24) is 25.3 Å². The lowest BCUT2D eigenvalue weighted by atomic mass is 10.1. The Morgan fingerprint density at radius 1 is 1.26 bits per heavy atom. The molecule has 4 aromatic rings. The Labute approximate surface area is 185 Å². The van der Waals surface area contributed by atoms with E-state index in [0.717, 1.165) is 27.0 Å². The number of hydrogen-bond donors (Lipinski definition) is 2. The van der Waals surface area contributed by atoms with Gasteiger partial charge in [0, 0.05) is 34.1 Å². The average molecular weight is 454 g/mol. The van der Waals surface area contributed by atoms with E-state index < -0.39 is 0 Å². The first-order valence-corrected chi connectivity index (χ1v) is 10.6. The molecule has 31 heavy (non-hydrogen) atoms. The standard InChI is InChI=1S/C20H16ClN7O2S/c1-9-5-23-16-14-12(31-17(16)18(29)26-9)4-3-11-15(14)24-8-13(27-11)30-19-10(6-22-2)7-25-20(21)28-19/h3-4,7-8,22-23H,5-6H2,1-2H3. The van der Waals surface area contributed by atoms with Crippen LogP contribution in [-0.2, 0) is 6.54 Å². The van der Waals surface area contributed by atoms with E-state index in [4.69, 9.17) is 16.3 Å². The van der Waals surface area contributed by atoms with Crippen LogP contribution in [0, 0.1) is 0 Å². The SMILES string of the molecule is CNCc1cnc(Cl)nc1Oc1cnc2c(ccc3sc4c(c32)NCC(C)=NC4=O)n1. The molecular weight excluding hydrogens is 438 g/mol. The predicted molar refractivity (Wildman–Crippen MR) is 121 cm³/mol. The van der Waals surface area contributed by atoms with Gasteiger partial charge >= 0.3 is 0 Å². The van der Waals surface area contributed by atoms with Gasteiger partial charge in [0.1, 0.15) is 4.88 Å². The Hall–Kier alpha value is -3.21. The van der Waals surface area contributed by atoms with Gasteiger partial charge in [-0.05, 0) is 37.7 Å². The van der Waals surface area contributed by atoms with Crippen molar-refractivity contribution in [3.63, 3.8) is 0 Å². The molecule has 0 unspecified atom stereocenters. The minimum Gasteiger partial charge on any atom is -0.418 e. The van der Waals surface area contributed by atoms with Gasteiger partial charge in [-0.1, -0.05) is 0 Å². The summed E-state index contributed by atoms with van der Waals surface area (Å²) in [5.41, 5.74) is 3.54. The smallest absolute Gasteiger partial charge is 0.289 e. The number of nitrogens with one attached hydrogen (secondary N) is 2. The monoisotopic (exact) mass is 453 g/mol. The summed E-state index contributed by atoms with van der Waals surface area (Å²) in [5.74, 6) is 0.356. The molecule has 4 heterocycles. The number of aromatic nitrogens is 4. The van der Waals surface area contributed by atoms with Gasteiger partial charge in [0.15, 0.2) is 0 Å². The molecular formula is C20H16ClN7O2S. The zero-order chi connectivity index (χ0) is 21.5. The summed E-state index contributed by atoms with van der Waals surface area (Å²) in [6.45, 7) is 2.83. The third-order valence-corrected chi connectivity index (χ3v) is 6.04. The maximum absolute atomic E-state index is 12.5. The lowest BCUT2D eigenvalue weighted by Gasteiger charge is -2.10. The summed E-state index contributed by atoms with van der Waals surface area (Å²) < 4.78 is 6.81. The number of rotatable bonds is 4. The third kappa shape index (κ3) is 3.58. The van der Waals surface area contributed by atoms with Gasteiger partial charge in [-0.2, -0.15) is 4.98 Å². The van der Waals surface area contributed by atoms with Gasteiger partial charge in [0.05, 0.1) is 29.5 Å². The Morgan fingerprint density at radius 3 is 2.97 bits per heavy atom. The molecule has 5 rings (SSSR count). The van der Waals surface area contributed by atoms with E-state index in [1.165, 1.54) is 17.5 Å². The molecule has 0 radical (unpaired) electrons. The normalized spacial score (nSPS) is 13.6. The fraction of sp³-hybridized carbons (Fsp3) is 0.200. The largest absolute Gasteiger partial charge is 0.418 e. The van der Waals surface area contributed by atoms with Crippen LogP contribution in [0.2, 0.25) is 5.28 Å². The number of amides is 1. The number of benzene rings is 1. The van der Waals surface area contributed by atoms with Gasteiger partial charge in [-0.25, -0.2) is 19.9 Å². The predicted octanol–water partition coefficient (Wildman–Crippen LogP) is 3.83. The van der Waals surface area contributed by atoms with Crippen molar-refractivity contribution >= 4 is 61.4 Å². The lowest BCUT2D eigenvalue weighted by molar-refractivity contribution is 0.101. The van der Waals surface area contributed by atoms with E-state index in [-0.39, 0.29) is 17.1 Å². The van der Waals surface area contributed by atoms with Crippen molar-refractivity contribution in [3.05, 3.63) is 40.3 Å². The van der Waals surface area contributed by atoms with Crippen LogP contribution in [0.1, 0.15) is 22.2 Å². The number of hydrogen-bond acceptors (Lipinski definition) is 9. The number of anilines is 1. The Morgan fingerprint density at radius 2 is 2.13 bits per heavy atom. The van der Waals surface area contributed by atoms with Crippen LogP contribution in [0.5, 0.6) is 11.8 Å². The van der Waals surface area contributed by atoms with Crippen molar-refractivity contribution in [2.24, 2.45) is 4.99 Å². The number of nitrogens with zero attached hydrogens (tertiary/aromatic N) is 5. The zero-order valence-electron chi connectivity index (χ0n) is 16.6. The minimum atomic E-state index is -0.238. The topological polar surface area (TPSA) is 114 Å². The molecule has 0 aliphatic carbocycles. The molecule has 1 aliphatic heterocycles. The number of halogens is 1. The number of thiophene rings is 1. The maximum Gasteiger partial charge on any atom is 0.289 e. The molecule has 1 amide bonds. The third-order valence-electron chi connectivity index (χ3n) is 4.71. The van der Waals surface area contributed by atoms with Crippen molar-refractivity contribution in [1.29, 1.82) is 0 Å². The van der Waals surface area contributed by atoms with Crippen LogP contribution in [0.4, 0.5) is 5.69 Å². The van der Waals surface area contributed by atoms with Crippen LogP contribution in [-0.4, -0.2) is 45.1 Å². The Bertz CT molecular complexity index is 1390. The van der Waals surface area contributed by atoms with Gasteiger partial charge in [-0.15, -0.1) is 11.3 Å². The fourth-order valence-electron chi connectivity index (χ4n) is 3.37. The number of ether oxygens (including phenoxy) is 1. The maximum atomic E-state index is 12.5. The van der Waals surface area contributed by atoms with Crippen LogP contribution in [0.3, 0.4) is 0 Å². The van der Waals surface area contributed by atoms with E-state index in [2.05, 4.69) is 35.6 Å². The second-order valence-electron chi connectivity index (χ2n) is 6.93. The summed E-state index contributed by atoms with van der Waals surface area (Å²) >= 11 is 7.33. The molecule has 1 aliphatic rings. The van der Waals surface area contributed by atoms with E-state index in [0.29, 0.717) is 34.9 Å². The molecule has 0 saturated carbocycles. The van der Waals surface area contributed by atoms with E-state index >= 15 is 0 Å². The zero-order valence-corrected chi connectivity index (χ0v) is 18.1. The highest BCUT2D eigenvalue weighted by Gasteiger charge is 2.23. The minimum absolute atomic E-state index is 0.0829. The molecule has 0 atom stereocenters. The first kappa shape index (κ1) is 19.7. The highest BCUT2D eigenvalue weighted by atomic mass is 35.5. The van der Waals surface area contributed by atoms with Crippen molar-refractivity contribution < 1.29 is 9.53 Å². The van der Waals surface area contributed by atoms with Crippen molar-refractivity contribution in [2.75, 3.05) is 18.9 Å². The molecule has 0 bridgehead atoms. The second kappa shape index (κ2) is 7.80. The molecule has 3 aromatic heterocycles. The number of carbonyl (C=O) groups excluding carboxylic acids is 1. The highest BCUT2D eigenvalue weighted by Crippen LogP contribution is 2.40. The average Bonchev–Trinajstić information content (AvgIpc) is 3.07. The molecule has 11 heteroatoms. The first-order valence-electron chi connectivity index (χ1n) is 9.42. The van der Waals surface area contributed by atoms with Crippen LogP contribution in [0.15, 0.2) is 29.5 Å². The van der Waals surface area contributed by atoms with E-state index in [1.807, 2.05) is 26.1 Å². The van der Waals surface area contributed by atoms with Gasteiger partial charge in [0.25, 0.3) is 5.91 Å². The van der Waals surface area contributed by atoms with E-state index in [1.54, 1.807) is 6.20 Å². The molecule has 156 valence electrons. The molecule has 0 fully saturated rings. The lowest BCUT2D eigenvalue weighted by Crippen LogP contribution is -2.09. The first-order chi connectivity index (χ1) is 15.0. The van der Waals surface area contributed by atoms with Crippen LogP contribution in [0.25, 0.3) is 21.1 Å². The fourth-order valence-corrected chi connectivity index (χ4v) is 4.56. The summed E-state index contributed by atoms with van der Waals surface area (Å²) in [6, 6.07) is 3.78. The van der Waals surface area contributed by atoms with Crippen LogP contribution < -0.4 is 15.4 Å². The second-order valence-corrected chi connectivity index (χ2v) is 8.32. The van der Waals surface area contributed by atoms with E-state index in [9.17, 15) is 4.79 Å². The van der Waals surface area contributed by atoms with Gasteiger partial charge in [0.2, 0.25) is 17.0 Å². The molecule has 9 nitrogen and oxygen atoms in total. The van der Waals surface area contributed by atoms with Gasteiger partial charge in [-0.3, -0.25) is 4.79 Å². The summed E-state index contributed by atoms with van der Waals surface area (Å²) in [7, 11) is 1.81. The molecule has 0 spiro atoms. The summed E-state index contributed by atoms with van der Waals surface area (Å²) in [6.07, 6.45) is 3.14. The summed E-state index contributed by atoms with van der Waals surface area (Å²) in [5, 5.41) is 7.30. The molecule has 0 saturated heterocycles. The van der Waals surface area contributed by atoms with Gasteiger partial charge < -0.3 is 15.4 Å². The Balaban J connectivity index is 1.59. The molecule has 2 N–H and O–H groups in total. The molecule has 1 aromatic carbocycles. The van der Waals surface area contributed by atoms with Crippen LogP contribution >= 0.6 is 22.9 Å². The summed E-state index contributed by atoms with van der Waals surface area (Å²) in [4.78, 5) is 34.5. The highest BCUT2D eigenvalue weighted by molar-refractivity contribution is 7.21. The number of aliphatic imine (C=N–C) groups is 1. The Kier molecular flexibility index (Phi) is 4.97. The van der Waals surface area contributed by atoms with Crippen molar-refractivity contribution in [3.8, 4) is 11.8 Å². The quantitative estimate of drug-likeness (QED) is 0.448. The number of carbonyl (C=O) groups is 1. The van der Waals surface area contributed by atoms with Crippen molar-refractivity contribution in [2.45, 2.75) is 13.5 Å². The number of fused-ring (bicyclic) bond motifs is 5.